The molecule has 2 aromatic rings. The van der Waals surface area contributed by atoms with Crippen LogP contribution < -0.4 is 18.9 Å². The minimum atomic E-state index is -1.08. The van der Waals surface area contributed by atoms with Crippen molar-refractivity contribution in [2.75, 3.05) is 27.2 Å². The average Bonchev–Trinajstić information content (AvgIpc) is 3.30. The van der Waals surface area contributed by atoms with Crippen molar-refractivity contribution in [3.05, 3.63) is 46.5 Å². The van der Waals surface area contributed by atoms with Crippen LogP contribution >= 0.6 is 0 Å². The Morgan fingerprint density at radius 1 is 0.963 bits per heavy atom. The molecule has 0 amide bonds. The van der Waals surface area contributed by atoms with Crippen molar-refractivity contribution in [2.24, 2.45) is 0 Å². The van der Waals surface area contributed by atoms with Gasteiger partial charge in [0.05, 0.1) is 11.6 Å². The molecule has 4 aliphatic rings. The largest absolute Gasteiger partial charge is 0.454 e. The summed E-state index contributed by atoms with van der Waals surface area (Å²) in [5.74, 6) is 2.73. The Labute approximate surface area is 156 Å². The van der Waals surface area contributed by atoms with Crippen molar-refractivity contribution in [1.82, 2.24) is 4.90 Å². The first kappa shape index (κ1) is 15.6. The van der Waals surface area contributed by atoms with Gasteiger partial charge in [0.1, 0.15) is 6.10 Å². The van der Waals surface area contributed by atoms with Crippen molar-refractivity contribution < 1.29 is 28.8 Å². The Hall–Kier alpha value is -2.48. The summed E-state index contributed by atoms with van der Waals surface area (Å²) in [5, 5.41) is 10.8. The van der Waals surface area contributed by atoms with Crippen LogP contribution in [0, 0.1) is 0 Å². The summed E-state index contributed by atoms with van der Waals surface area (Å²) < 4.78 is 28.4. The first-order valence-electron chi connectivity index (χ1n) is 9.09. The second-order valence-electron chi connectivity index (χ2n) is 7.29. The summed E-state index contributed by atoms with van der Waals surface area (Å²) in [6.07, 6.45) is -0.526. The summed E-state index contributed by atoms with van der Waals surface area (Å²) in [6, 6.07) is 7.92. The quantitative estimate of drug-likeness (QED) is 0.765. The van der Waals surface area contributed by atoms with Crippen LogP contribution in [0.4, 0.5) is 0 Å². The van der Waals surface area contributed by atoms with Gasteiger partial charge in [-0.15, -0.1) is 0 Å². The van der Waals surface area contributed by atoms with Gasteiger partial charge in [-0.1, -0.05) is 6.07 Å². The van der Waals surface area contributed by atoms with Gasteiger partial charge in [-0.05, 0) is 48.4 Å². The van der Waals surface area contributed by atoms with Crippen molar-refractivity contribution >= 4 is 0 Å². The zero-order valence-electron chi connectivity index (χ0n) is 14.8. The van der Waals surface area contributed by atoms with E-state index in [0.717, 1.165) is 41.2 Å². The molecule has 0 aliphatic carbocycles. The molecule has 4 aliphatic heterocycles. The zero-order chi connectivity index (χ0) is 18.1. The lowest BCUT2D eigenvalue weighted by atomic mass is 9.87. The number of aliphatic hydroxyl groups excluding tert-OH is 1. The van der Waals surface area contributed by atoms with Crippen LogP contribution in [0.25, 0.3) is 0 Å². The first-order valence-corrected chi connectivity index (χ1v) is 9.09. The molecule has 6 rings (SSSR count). The van der Waals surface area contributed by atoms with Gasteiger partial charge < -0.3 is 28.8 Å². The fraction of sp³-hybridized carbons (Fsp3) is 0.400. The predicted molar refractivity (Wildman–Crippen MR) is 93.0 cm³/mol. The molecule has 0 unspecified atom stereocenters. The molecule has 0 radical (unpaired) electrons. The lowest BCUT2D eigenvalue weighted by Crippen LogP contribution is -2.35. The lowest BCUT2D eigenvalue weighted by Gasteiger charge is -2.40. The summed E-state index contributed by atoms with van der Waals surface area (Å²) in [4.78, 5) is 2.27. The van der Waals surface area contributed by atoms with E-state index in [1.165, 1.54) is 0 Å². The Balaban J connectivity index is 1.53. The second-order valence-corrected chi connectivity index (χ2v) is 7.29. The Morgan fingerprint density at radius 3 is 2.63 bits per heavy atom. The van der Waals surface area contributed by atoms with Crippen molar-refractivity contribution in [3.8, 4) is 23.0 Å². The van der Waals surface area contributed by atoms with Crippen LogP contribution in [0.5, 0.6) is 23.0 Å². The van der Waals surface area contributed by atoms with E-state index in [1.54, 1.807) is 0 Å². The summed E-state index contributed by atoms with van der Waals surface area (Å²) >= 11 is 0. The van der Waals surface area contributed by atoms with Gasteiger partial charge in [-0.2, -0.15) is 0 Å². The number of fused-ring (bicyclic) bond motifs is 8. The third kappa shape index (κ3) is 2.13. The van der Waals surface area contributed by atoms with E-state index in [0.29, 0.717) is 17.1 Å². The number of rotatable bonds is 0. The standard InChI is InChI=1S/C20H19NO6/c1-21-5-4-10-6-14-15(25-8-24-14)7-12(10)18-17(21)11-2-3-13-19(26-9-23-13)16(11)20(22)27-18/h2-3,6-7,17-18,20,22H,4-5,8-9H2,1H3/t17-,18+,20-/m1/s1. The molecule has 4 heterocycles. The van der Waals surface area contributed by atoms with Gasteiger partial charge in [-0.25, -0.2) is 0 Å². The van der Waals surface area contributed by atoms with Crippen molar-refractivity contribution in [2.45, 2.75) is 24.9 Å². The van der Waals surface area contributed by atoms with Gasteiger partial charge in [0.25, 0.3) is 0 Å². The maximum absolute atomic E-state index is 10.8. The molecular weight excluding hydrogens is 350 g/mol. The molecule has 0 saturated carbocycles. The van der Waals surface area contributed by atoms with Gasteiger partial charge in [0.2, 0.25) is 13.6 Å². The van der Waals surface area contributed by atoms with Crippen LogP contribution in [0.1, 0.15) is 40.7 Å². The van der Waals surface area contributed by atoms with Gasteiger partial charge in [0.15, 0.2) is 29.3 Å². The number of nitrogens with zero attached hydrogens (tertiary/aromatic N) is 1. The number of ether oxygens (including phenoxy) is 5. The van der Waals surface area contributed by atoms with E-state index in [2.05, 4.69) is 11.9 Å². The van der Waals surface area contributed by atoms with E-state index < -0.39 is 6.29 Å². The van der Waals surface area contributed by atoms with Crippen molar-refractivity contribution in [3.63, 3.8) is 0 Å². The van der Waals surface area contributed by atoms with Crippen LogP contribution in [0.15, 0.2) is 24.3 Å². The highest BCUT2D eigenvalue weighted by molar-refractivity contribution is 5.56. The molecular formula is C20H19NO6. The monoisotopic (exact) mass is 369 g/mol. The fourth-order valence-corrected chi connectivity index (χ4v) is 4.60. The molecule has 0 aromatic heterocycles. The summed E-state index contributed by atoms with van der Waals surface area (Å²) in [6.45, 7) is 1.26. The average molecular weight is 369 g/mol. The number of aliphatic hydroxyl groups is 1. The molecule has 2 aromatic carbocycles. The molecule has 27 heavy (non-hydrogen) atoms. The molecule has 0 saturated heterocycles. The number of benzene rings is 2. The topological polar surface area (TPSA) is 69.6 Å². The molecule has 0 spiro atoms. The molecule has 3 atom stereocenters. The van der Waals surface area contributed by atoms with Crippen molar-refractivity contribution in [1.29, 1.82) is 0 Å². The van der Waals surface area contributed by atoms with Gasteiger partial charge in [-0.3, -0.25) is 4.90 Å². The van der Waals surface area contributed by atoms with Crippen LogP contribution in [-0.2, 0) is 11.2 Å². The Kier molecular flexibility index (Phi) is 3.18. The van der Waals surface area contributed by atoms with E-state index in [4.69, 9.17) is 23.7 Å². The summed E-state index contributed by atoms with van der Waals surface area (Å²) in [5.41, 5.74) is 3.88. The SMILES string of the molecule is CN1CCc2cc3c(cc2[C@@H]2O[C@@H](O)c4c(ccc5c4OCO5)[C@H]21)OCO3. The van der Waals surface area contributed by atoms with E-state index in [-0.39, 0.29) is 25.7 Å². The molecule has 0 fully saturated rings. The smallest absolute Gasteiger partial charge is 0.231 e. The highest BCUT2D eigenvalue weighted by atomic mass is 16.7. The van der Waals surface area contributed by atoms with E-state index in [1.807, 2.05) is 24.3 Å². The maximum Gasteiger partial charge on any atom is 0.231 e. The first-order chi connectivity index (χ1) is 13.2. The maximum atomic E-state index is 10.8. The van der Waals surface area contributed by atoms with E-state index >= 15 is 0 Å². The van der Waals surface area contributed by atoms with E-state index in [9.17, 15) is 5.11 Å². The molecule has 1 N–H and O–H groups in total. The minimum absolute atomic E-state index is 0.0421. The number of hydrogen-bond donors (Lipinski definition) is 1. The predicted octanol–water partition coefficient (Wildman–Crippen LogP) is 2.44. The van der Waals surface area contributed by atoms with Gasteiger partial charge >= 0.3 is 0 Å². The summed E-state index contributed by atoms with van der Waals surface area (Å²) in [7, 11) is 2.08. The fourth-order valence-electron chi connectivity index (χ4n) is 4.60. The normalized spacial score (nSPS) is 27.6. The lowest BCUT2D eigenvalue weighted by molar-refractivity contribution is -0.174. The Morgan fingerprint density at radius 2 is 1.74 bits per heavy atom. The highest BCUT2D eigenvalue weighted by Crippen LogP contribution is 2.54. The molecule has 140 valence electrons. The molecule has 0 bridgehead atoms. The highest BCUT2D eigenvalue weighted by Gasteiger charge is 2.44. The molecule has 7 heteroatoms. The van der Waals surface area contributed by atoms with Crippen LogP contribution in [0.3, 0.4) is 0 Å². The Bertz CT molecular complexity index is 945. The minimum Gasteiger partial charge on any atom is -0.454 e. The third-order valence-electron chi connectivity index (χ3n) is 5.89. The van der Waals surface area contributed by atoms with Crippen LogP contribution in [0.2, 0.25) is 0 Å². The van der Waals surface area contributed by atoms with Gasteiger partial charge in [0, 0.05) is 6.54 Å². The zero-order valence-corrected chi connectivity index (χ0v) is 14.8. The molecule has 7 nitrogen and oxygen atoms in total. The third-order valence-corrected chi connectivity index (χ3v) is 5.89. The second kappa shape index (κ2) is 5.51. The van der Waals surface area contributed by atoms with Crippen LogP contribution in [-0.4, -0.2) is 37.2 Å². The number of likely N-dealkylation sites (N-methyl/N-ethyl adjacent to an activating group) is 1. The number of hydrogen-bond acceptors (Lipinski definition) is 7.